The van der Waals surface area contributed by atoms with Gasteiger partial charge in [-0.3, -0.25) is 4.90 Å². The molecule has 0 radical (unpaired) electrons. The van der Waals surface area contributed by atoms with Crippen LogP contribution in [0.1, 0.15) is 40.0 Å². The summed E-state index contributed by atoms with van der Waals surface area (Å²) in [6, 6.07) is 6.04. The lowest BCUT2D eigenvalue weighted by Crippen LogP contribution is -3.00. The normalized spacial score (nSPS) is 26.1. The molecule has 2 fully saturated rings. The minimum atomic E-state index is -0.406. The standard InChI is InChI=1S/C21H35N3O2.2ClH/c1-17-12-19(14-21(2,3)13-17)26-16-18(25)15-23-8-10-24(11-9-23)20-6-4-5-7-22-20;;/h4-7,17-19,25H,8-16H2,1-3H3;2*1H/p-2. The molecule has 5 nitrogen and oxygen atoms in total. The Morgan fingerprint density at radius 1 is 1.18 bits per heavy atom. The fraction of sp³-hybridized carbons (Fsp3) is 0.762. The largest absolute Gasteiger partial charge is 1.00 e. The van der Waals surface area contributed by atoms with Gasteiger partial charge in [0, 0.05) is 38.9 Å². The summed E-state index contributed by atoms with van der Waals surface area (Å²) < 4.78 is 6.09. The lowest BCUT2D eigenvalue weighted by molar-refractivity contribution is -0.0615. The molecule has 1 aliphatic heterocycles. The zero-order chi connectivity index (χ0) is 18.6. The second-order valence-corrected chi connectivity index (χ2v) is 9.00. The summed E-state index contributed by atoms with van der Waals surface area (Å²) in [5, 5.41) is 10.4. The number of halogens is 2. The van der Waals surface area contributed by atoms with Crippen LogP contribution in [-0.4, -0.2) is 66.5 Å². The Hall–Kier alpha value is -0.590. The van der Waals surface area contributed by atoms with Gasteiger partial charge in [0.15, 0.2) is 0 Å². The molecule has 3 unspecified atom stereocenters. The molecule has 28 heavy (non-hydrogen) atoms. The van der Waals surface area contributed by atoms with Crippen molar-refractivity contribution in [3.8, 4) is 0 Å². The van der Waals surface area contributed by atoms with Gasteiger partial charge in [0.25, 0.3) is 0 Å². The molecule has 1 saturated carbocycles. The van der Waals surface area contributed by atoms with E-state index in [9.17, 15) is 5.11 Å². The maximum Gasteiger partial charge on any atom is 0.128 e. The van der Waals surface area contributed by atoms with E-state index in [4.69, 9.17) is 4.74 Å². The third-order valence-electron chi connectivity index (χ3n) is 5.69. The molecule has 0 amide bonds. The van der Waals surface area contributed by atoms with Crippen LogP contribution in [-0.2, 0) is 4.74 Å². The van der Waals surface area contributed by atoms with Gasteiger partial charge >= 0.3 is 0 Å². The van der Waals surface area contributed by atoms with E-state index in [2.05, 4.69) is 41.6 Å². The van der Waals surface area contributed by atoms with Crippen molar-refractivity contribution in [1.29, 1.82) is 0 Å². The number of nitrogens with zero attached hydrogens (tertiary/aromatic N) is 3. The molecule has 0 aromatic carbocycles. The van der Waals surface area contributed by atoms with E-state index in [0.29, 0.717) is 30.6 Å². The highest BCUT2D eigenvalue weighted by Gasteiger charge is 2.32. The topological polar surface area (TPSA) is 48.8 Å². The fourth-order valence-corrected chi connectivity index (χ4v) is 4.68. The number of anilines is 1. The molecule has 1 saturated heterocycles. The number of piperazine rings is 1. The lowest BCUT2D eigenvalue weighted by atomic mass is 9.71. The SMILES string of the molecule is CC1CC(OCC(O)CN2CCN(c3ccccn3)CC2)CC(C)(C)C1.[Cl-].[Cl-]. The number of rotatable bonds is 6. The summed E-state index contributed by atoms with van der Waals surface area (Å²) in [4.78, 5) is 9.07. The Balaban J connectivity index is 0.00000196. The van der Waals surface area contributed by atoms with Crippen molar-refractivity contribution in [2.45, 2.75) is 52.2 Å². The number of β-amino-alcohol motifs (C(OH)–C–C–N with tert-alkyl or cyclic N) is 1. The van der Waals surface area contributed by atoms with E-state index in [1.54, 1.807) is 0 Å². The maximum atomic E-state index is 10.4. The molecular weight excluding hydrogens is 397 g/mol. The molecule has 0 spiro atoms. The van der Waals surface area contributed by atoms with Gasteiger partial charge in [0.1, 0.15) is 5.82 Å². The summed E-state index contributed by atoms with van der Waals surface area (Å²) >= 11 is 0. The van der Waals surface area contributed by atoms with Gasteiger partial charge in [-0.1, -0.05) is 26.8 Å². The van der Waals surface area contributed by atoms with E-state index in [1.165, 1.54) is 6.42 Å². The Labute approximate surface area is 182 Å². The van der Waals surface area contributed by atoms with Gasteiger partial charge in [-0.25, -0.2) is 4.98 Å². The first-order valence-corrected chi connectivity index (χ1v) is 10.1. The second-order valence-electron chi connectivity index (χ2n) is 9.00. The quantitative estimate of drug-likeness (QED) is 0.514. The molecule has 1 aliphatic carbocycles. The van der Waals surface area contributed by atoms with Crippen LogP contribution in [0.4, 0.5) is 5.82 Å². The minimum absolute atomic E-state index is 0. The molecule has 1 N–H and O–H groups in total. The number of pyridine rings is 1. The highest BCUT2D eigenvalue weighted by atomic mass is 35.5. The Bertz CT molecular complexity index is 554. The molecule has 2 heterocycles. The highest BCUT2D eigenvalue weighted by Crippen LogP contribution is 2.39. The van der Waals surface area contributed by atoms with Crippen LogP contribution in [0, 0.1) is 11.3 Å². The predicted molar refractivity (Wildman–Crippen MR) is 105 cm³/mol. The third kappa shape index (κ3) is 7.68. The van der Waals surface area contributed by atoms with Gasteiger partial charge < -0.3 is 39.6 Å². The van der Waals surface area contributed by atoms with Crippen molar-refractivity contribution in [3.05, 3.63) is 24.4 Å². The number of ether oxygens (including phenoxy) is 1. The van der Waals surface area contributed by atoms with E-state index in [1.807, 2.05) is 18.3 Å². The molecule has 7 heteroatoms. The number of aromatic nitrogens is 1. The summed E-state index contributed by atoms with van der Waals surface area (Å²) in [6.45, 7) is 12.0. The fourth-order valence-electron chi connectivity index (χ4n) is 4.68. The number of hydrogen-bond donors (Lipinski definition) is 1. The van der Waals surface area contributed by atoms with Crippen molar-refractivity contribution >= 4 is 5.82 Å². The first kappa shape index (κ1) is 25.4. The van der Waals surface area contributed by atoms with Crippen LogP contribution >= 0.6 is 0 Å². The van der Waals surface area contributed by atoms with Crippen LogP contribution in [0.2, 0.25) is 0 Å². The molecule has 162 valence electrons. The van der Waals surface area contributed by atoms with Gasteiger partial charge in [0.2, 0.25) is 0 Å². The van der Waals surface area contributed by atoms with Crippen molar-refractivity contribution in [2.75, 3.05) is 44.2 Å². The van der Waals surface area contributed by atoms with Crippen molar-refractivity contribution < 1.29 is 34.7 Å². The van der Waals surface area contributed by atoms with Gasteiger partial charge in [-0.2, -0.15) is 0 Å². The van der Waals surface area contributed by atoms with Crippen LogP contribution in [0.25, 0.3) is 0 Å². The van der Waals surface area contributed by atoms with E-state index in [-0.39, 0.29) is 24.8 Å². The van der Waals surface area contributed by atoms with Crippen LogP contribution < -0.4 is 29.7 Å². The Morgan fingerprint density at radius 3 is 2.50 bits per heavy atom. The maximum absolute atomic E-state index is 10.4. The van der Waals surface area contributed by atoms with Crippen molar-refractivity contribution in [3.63, 3.8) is 0 Å². The van der Waals surface area contributed by atoms with Crippen molar-refractivity contribution in [1.82, 2.24) is 9.88 Å². The van der Waals surface area contributed by atoms with Gasteiger partial charge in [-0.15, -0.1) is 0 Å². The summed E-state index contributed by atoms with van der Waals surface area (Å²) in [5.41, 5.74) is 0.356. The lowest BCUT2D eigenvalue weighted by Gasteiger charge is -2.39. The highest BCUT2D eigenvalue weighted by molar-refractivity contribution is 5.38. The molecule has 3 atom stereocenters. The van der Waals surface area contributed by atoms with Crippen LogP contribution in [0.15, 0.2) is 24.4 Å². The monoisotopic (exact) mass is 431 g/mol. The molecule has 3 rings (SSSR count). The van der Waals surface area contributed by atoms with E-state index >= 15 is 0 Å². The van der Waals surface area contributed by atoms with E-state index < -0.39 is 6.10 Å². The zero-order valence-corrected chi connectivity index (χ0v) is 18.9. The van der Waals surface area contributed by atoms with Crippen molar-refractivity contribution in [2.24, 2.45) is 11.3 Å². The first-order valence-electron chi connectivity index (χ1n) is 10.1. The van der Waals surface area contributed by atoms with E-state index in [0.717, 1.165) is 44.8 Å². The summed E-state index contributed by atoms with van der Waals surface area (Å²) in [6.07, 6.45) is 5.24. The average molecular weight is 432 g/mol. The molecule has 1 aromatic heterocycles. The number of aliphatic hydroxyl groups excluding tert-OH is 1. The zero-order valence-electron chi connectivity index (χ0n) is 17.4. The molecular formula is C21H35Cl2N3O2-2. The second kappa shape index (κ2) is 11.6. The molecule has 1 aromatic rings. The predicted octanol–water partition coefficient (Wildman–Crippen LogP) is -3.20. The molecule has 0 bridgehead atoms. The smallest absolute Gasteiger partial charge is 0.128 e. The Morgan fingerprint density at radius 2 is 1.89 bits per heavy atom. The summed E-state index contributed by atoms with van der Waals surface area (Å²) in [7, 11) is 0. The minimum Gasteiger partial charge on any atom is -1.00 e. The van der Waals surface area contributed by atoms with Gasteiger partial charge in [0.05, 0.1) is 18.8 Å². The molecule has 2 aliphatic rings. The van der Waals surface area contributed by atoms with Crippen LogP contribution in [0.3, 0.4) is 0 Å². The average Bonchev–Trinajstić information content (AvgIpc) is 2.60. The Kier molecular flexibility index (Phi) is 10.5. The van der Waals surface area contributed by atoms with Gasteiger partial charge in [-0.05, 0) is 42.7 Å². The first-order chi connectivity index (χ1) is 12.4. The van der Waals surface area contributed by atoms with Crippen LogP contribution in [0.5, 0.6) is 0 Å². The number of hydrogen-bond acceptors (Lipinski definition) is 5. The number of aliphatic hydroxyl groups is 1. The summed E-state index contributed by atoms with van der Waals surface area (Å²) in [5.74, 6) is 1.76. The third-order valence-corrected chi connectivity index (χ3v) is 5.69.